The van der Waals surface area contributed by atoms with E-state index in [1.807, 2.05) is 4.72 Å². The summed E-state index contributed by atoms with van der Waals surface area (Å²) in [5.41, 5.74) is 0. The number of rotatable bonds is 2. The van der Waals surface area contributed by atoms with E-state index < -0.39 is 16.3 Å². The normalized spacial score (nSPS) is 20.7. The summed E-state index contributed by atoms with van der Waals surface area (Å²) in [4.78, 5) is 10.9. The molecule has 0 spiro atoms. The van der Waals surface area contributed by atoms with E-state index in [2.05, 4.69) is 4.74 Å². The van der Waals surface area contributed by atoms with Crippen molar-refractivity contribution in [2.24, 2.45) is 0 Å². The third kappa shape index (κ3) is 2.60. The van der Waals surface area contributed by atoms with Gasteiger partial charge in [0, 0.05) is 0 Å². The van der Waals surface area contributed by atoms with Crippen LogP contribution in [0.5, 0.6) is 0 Å². The third-order valence-corrected chi connectivity index (χ3v) is 4.69. The van der Waals surface area contributed by atoms with E-state index in [0.29, 0.717) is 13.1 Å². The molecule has 88 valence electrons. The lowest BCUT2D eigenvalue weighted by Gasteiger charge is -2.34. The van der Waals surface area contributed by atoms with Gasteiger partial charge in [-0.3, -0.25) is 0 Å². The molecule has 1 amide bonds. The zero-order chi connectivity index (χ0) is 11.5. The molecule has 1 aliphatic rings. The highest BCUT2D eigenvalue weighted by atomic mass is 32.2. The second-order valence-corrected chi connectivity index (χ2v) is 5.91. The molecule has 0 aromatic heterocycles. The van der Waals surface area contributed by atoms with E-state index >= 15 is 0 Å². The molecule has 0 aliphatic carbocycles. The maximum absolute atomic E-state index is 11.8. The van der Waals surface area contributed by atoms with Gasteiger partial charge in [-0.1, -0.05) is 0 Å². The number of carbonyl (C=O) groups is 1. The van der Waals surface area contributed by atoms with Crippen molar-refractivity contribution in [3.05, 3.63) is 0 Å². The number of nitrogens with one attached hydrogen (secondary N) is 1. The van der Waals surface area contributed by atoms with Gasteiger partial charge in [0.1, 0.15) is 0 Å². The molecule has 0 atom stereocenters. The van der Waals surface area contributed by atoms with Crippen LogP contribution in [0.4, 0.5) is 4.79 Å². The number of carbonyl (C=O) groups excluding carboxylic acids is 1. The molecule has 1 rings (SSSR count). The fourth-order valence-electron chi connectivity index (χ4n) is 1.68. The van der Waals surface area contributed by atoms with Crippen molar-refractivity contribution in [3.63, 3.8) is 0 Å². The SMILES string of the molecule is COC(=O)NS(=O)(=O)[N+]1(C)CCCCC1. The summed E-state index contributed by atoms with van der Waals surface area (Å²) in [6, 6.07) is 0. The van der Waals surface area contributed by atoms with E-state index in [0.717, 1.165) is 26.4 Å². The van der Waals surface area contributed by atoms with Crippen LogP contribution in [0.25, 0.3) is 0 Å². The largest absolute Gasteiger partial charge is 0.452 e. The molecule has 0 aromatic rings. The van der Waals surface area contributed by atoms with E-state index in [-0.39, 0.29) is 3.89 Å². The Morgan fingerprint density at radius 2 is 1.80 bits per heavy atom. The Bertz CT molecular complexity index is 333. The van der Waals surface area contributed by atoms with Crippen molar-refractivity contribution in [3.8, 4) is 0 Å². The fourth-order valence-corrected chi connectivity index (χ4v) is 2.93. The highest BCUT2D eigenvalue weighted by Gasteiger charge is 2.40. The molecule has 1 saturated heterocycles. The van der Waals surface area contributed by atoms with Crippen LogP contribution in [-0.2, 0) is 14.9 Å². The van der Waals surface area contributed by atoms with Crippen molar-refractivity contribution in [2.45, 2.75) is 19.3 Å². The van der Waals surface area contributed by atoms with Crippen LogP contribution in [0.2, 0.25) is 0 Å². The first kappa shape index (κ1) is 12.3. The van der Waals surface area contributed by atoms with Crippen molar-refractivity contribution in [1.29, 1.82) is 0 Å². The summed E-state index contributed by atoms with van der Waals surface area (Å²) in [5, 5.41) is 0. The van der Waals surface area contributed by atoms with Crippen molar-refractivity contribution < 1.29 is 21.8 Å². The molecule has 0 bridgehead atoms. The van der Waals surface area contributed by atoms with Gasteiger partial charge in [-0.2, -0.15) is 13.1 Å². The Kier molecular flexibility index (Phi) is 3.56. The summed E-state index contributed by atoms with van der Waals surface area (Å²) in [6.07, 6.45) is 1.83. The number of nitrogens with zero attached hydrogens (tertiary/aromatic N) is 1. The molecule has 0 unspecified atom stereocenters. The third-order valence-electron chi connectivity index (χ3n) is 2.74. The van der Waals surface area contributed by atoms with Crippen LogP contribution in [0.15, 0.2) is 0 Å². The zero-order valence-electron chi connectivity index (χ0n) is 9.02. The molecular weight excluding hydrogens is 220 g/mol. The first-order valence-electron chi connectivity index (χ1n) is 4.87. The van der Waals surface area contributed by atoms with Crippen molar-refractivity contribution in [1.82, 2.24) is 4.72 Å². The topological polar surface area (TPSA) is 72.5 Å². The number of piperidine rings is 1. The first-order chi connectivity index (χ1) is 6.91. The Balaban J connectivity index is 2.79. The van der Waals surface area contributed by atoms with Crippen LogP contribution < -0.4 is 4.72 Å². The monoisotopic (exact) mass is 237 g/mol. The van der Waals surface area contributed by atoms with Crippen LogP contribution in [0.3, 0.4) is 0 Å². The minimum atomic E-state index is -3.68. The summed E-state index contributed by atoms with van der Waals surface area (Å²) in [7, 11) is -0.926. The summed E-state index contributed by atoms with van der Waals surface area (Å²) >= 11 is 0. The van der Waals surface area contributed by atoms with Crippen molar-refractivity contribution >= 4 is 16.3 Å². The van der Waals surface area contributed by atoms with Crippen LogP contribution in [0, 0.1) is 0 Å². The van der Waals surface area contributed by atoms with E-state index in [1.54, 1.807) is 7.05 Å². The minimum absolute atomic E-state index is 0.137. The molecular formula is C8H17N2O4S+. The Morgan fingerprint density at radius 3 is 2.27 bits per heavy atom. The zero-order valence-corrected chi connectivity index (χ0v) is 9.84. The van der Waals surface area contributed by atoms with Gasteiger partial charge in [0.25, 0.3) is 0 Å². The molecule has 15 heavy (non-hydrogen) atoms. The predicted octanol–water partition coefficient (Wildman–Crippen LogP) is 0.218. The molecule has 6 nitrogen and oxygen atoms in total. The molecule has 1 N–H and O–H groups in total. The summed E-state index contributed by atoms with van der Waals surface area (Å²) in [6.45, 7) is 1.07. The van der Waals surface area contributed by atoms with Gasteiger partial charge in [0.15, 0.2) is 0 Å². The predicted molar refractivity (Wildman–Crippen MR) is 54.2 cm³/mol. The lowest BCUT2D eigenvalue weighted by atomic mass is 10.1. The highest BCUT2D eigenvalue weighted by molar-refractivity contribution is 7.84. The maximum Gasteiger partial charge on any atom is 0.424 e. The lowest BCUT2D eigenvalue weighted by molar-refractivity contribution is -0.791. The maximum atomic E-state index is 11.8. The molecule has 0 saturated carbocycles. The number of amides is 1. The Hall–Kier alpha value is -0.820. The van der Waals surface area contributed by atoms with E-state index in [1.165, 1.54) is 0 Å². The molecule has 7 heteroatoms. The van der Waals surface area contributed by atoms with Gasteiger partial charge < -0.3 is 4.74 Å². The number of hydrogen-bond acceptors (Lipinski definition) is 4. The number of ether oxygens (including phenoxy) is 1. The van der Waals surface area contributed by atoms with E-state index in [4.69, 9.17) is 0 Å². The molecule has 1 aliphatic heterocycles. The van der Waals surface area contributed by atoms with Crippen molar-refractivity contribution in [2.75, 3.05) is 27.2 Å². The van der Waals surface area contributed by atoms with Crippen LogP contribution in [-0.4, -0.2) is 45.6 Å². The Morgan fingerprint density at radius 1 is 1.27 bits per heavy atom. The number of quaternary nitrogens is 1. The van der Waals surface area contributed by atoms with Gasteiger partial charge in [0.2, 0.25) is 0 Å². The lowest BCUT2D eigenvalue weighted by Crippen LogP contribution is -2.58. The average Bonchev–Trinajstić information content (AvgIpc) is 2.18. The summed E-state index contributed by atoms with van der Waals surface area (Å²) < 4.78 is 29.7. The Labute approximate surface area is 90.0 Å². The number of hydrogen-bond donors (Lipinski definition) is 1. The number of likely N-dealkylation sites (tertiary alicyclic amines) is 1. The highest BCUT2D eigenvalue weighted by Crippen LogP contribution is 2.20. The molecule has 0 radical (unpaired) electrons. The van der Waals surface area contributed by atoms with Gasteiger partial charge in [0.05, 0.1) is 27.2 Å². The van der Waals surface area contributed by atoms with Gasteiger partial charge in [-0.05, 0) is 19.3 Å². The molecule has 1 fully saturated rings. The second-order valence-electron chi connectivity index (χ2n) is 3.87. The summed E-state index contributed by atoms with van der Waals surface area (Å²) in [5.74, 6) is 0. The average molecular weight is 237 g/mol. The minimum Gasteiger partial charge on any atom is -0.452 e. The molecule has 0 aromatic carbocycles. The van der Waals surface area contributed by atoms with E-state index in [9.17, 15) is 13.2 Å². The number of methoxy groups -OCH3 is 1. The van der Waals surface area contributed by atoms with Gasteiger partial charge >= 0.3 is 16.3 Å². The second kappa shape index (κ2) is 4.36. The quantitative estimate of drug-likeness (QED) is 0.697. The van der Waals surface area contributed by atoms with Gasteiger partial charge in [-0.25, -0.2) is 8.68 Å². The van der Waals surface area contributed by atoms with Crippen LogP contribution in [0.1, 0.15) is 19.3 Å². The molecule has 1 heterocycles. The smallest absolute Gasteiger partial charge is 0.424 e. The fraction of sp³-hybridized carbons (Fsp3) is 0.875. The van der Waals surface area contributed by atoms with Gasteiger partial charge in [-0.15, -0.1) is 0 Å². The standard InChI is InChI=1S/C8H16N2O4S/c1-10(6-4-3-5-7-10)15(12,13)9-8(11)14-2/h3-7H2,1-2H3/p+1. The van der Waals surface area contributed by atoms with Crippen LogP contribution >= 0.6 is 0 Å². The first-order valence-corrected chi connectivity index (χ1v) is 6.31.